The zero-order valence-electron chi connectivity index (χ0n) is 8.17. The summed E-state index contributed by atoms with van der Waals surface area (Å²) in [6.45, 7) is 0.894. The van der Waals surface area contributed by atoms with Crippen molar-refractivity contribution in [2.24, 2.45) is 0 Å². The van der Waals surface area contributed by atoms with Gasteiger partial charge in [0, 0.05) is 18.5 Å². The van der Waals surface area contributed by atoms with Crippen LogP contribution in [0.4, 0.5) is 0 Å². The molecule has 0 bridgehead atoms. The van der Waals surface area contributed by atoms with E-state index < -0.39 is 0 Å². The minimum atomic E-state index is 0.658. The molecule has 0 fully saturated rings. The molecule has 0 spiro atoms. The Morgan fingerprint density at radius 2 is 2.14 bits per heavy atom. The number of hydrogen-bond donors (Lipinski definition) is 1. The Bertz CT molecular complexity index is 391. The Morgan fingerprint density at radius 3 is 2.86 bits per heavy atom. The Hall–Kier alpha value is -1.77. The van der Waals surface area contributed by atoms with Crippen molar-refractivity contribution in [3.05, 3.63) is 35.4 Å². The van der Waals surface area contributed by atoms with Gasteiger partial charge in [0.2, 0.25) is 0 Å². The van der Waals surface area contributed by atoms with E-state index in [4.69, 9.17) is 5.26 Å². The second kappa shape index (κ2) is 5.80. The number of hydrogen-bond acceptors (Lipinski definition) is 2. The fourth-order valence-corrected chi connectivity index (χ4v) is 1.02. The Labute approximate surface area is 84.6 Å². The van der Waals surface area contributed by atoms with Crippen LogP contribution in [-0.2, 0) is 0 Å². The maximum absolute atomic E-state index is 8.66. The molecular formula is C12H12N2. The Morgan fingerprint density at radius 1 is 1.36 bits per heavy atom. The summed E-state index contributed by atoms with van der Waals surface area (Å²) in [6.07, 6.45) is 0.827. The zero-order chi connectivity index (χ0) is 10.2. The molecule has 14 heavy (non-hydrogen) atoms. The first-order valence-corrected chi connectivity index (χ1v) is 4.50. The minimum absolute atomic E-state index is 0.658. The molecule has 0 saturated carbocycles. The van der Waals surface area contributed by atoms with Crippen molar-refractivity contribution in [3.8, 4) is 17.9 Å². The molecule has 2 nitrogen and oxygen atoms in total. The highest BCUT2D eigenvalue weighted by atomic mass is 14.8. The highest BCUT2D eigenvalue weighted by molar-refractivity contribution is 5.41. The van der Waals surface area contributed by atoms with Gasteiger partial charge in [-0.15, -0.1) is 0 Å². The van der Waals surface area contributed by atoms with E-state index in [1.54, 1.807) is 12.1 Å². The quantitative estimate of drug-likeness (QED) is 0.558. The van der Waals surface area contributed by atoms with Crippen LogP contribution in [0, 0.1) is 23.2 Å². The summed E-state index contributed by atoms with van der Waals surface area (Å²) < 4.78 is 0. The molecular weight excluding hydrogens is 172 g/mol. The van der Waals surface area contributed by atoms with E-state index in [0.29, 0.717) is 5.56 Å². The number of nitrogens with one attached hydrogen (secondary N) is 1. The van der Waals surface area contributed by atoms with Gasteiger partial charge in [-0.1, -0.05) is 17.9 Å². The summed E-state index contributed by atoms with van der Waals surface area (Å²) in [7, 11) is 1.90. The highest BCUT2D eigenvalue weighted by Gasteiger charge is 1.89. The summed E-state index contributed by atoms with van der Waals surface area (Å²) >= 11 is 0. The maximum Gasteiger partial charge on any atom is 0.0992 e. The molecule has 0 aliphatic rings. The van der Waals surface area contributed by atoms with Crippen molar-refractivity contribution < 1.29 is 0 Å². The van der Waals surface area contributed by atoms with Gasteiger partial charge in [0.25, 0.3) is 0 Å². The third-order valence-electron chi connectivity index (χ3n) is 1.72. The average molecular weight is 184 g/mol. The number of benzene rings is 1. The van der Waals surface area contributed by atoms with Gasteiger partial charge < -0.3 is 5.32 Å². The average Bonchev–Trinajstić information content (AvgIpc) is 2.25. The van der Waals surface area contributed by atoms with Crippen molar-refractivity contribution in [2.75, 3.05) is 13.6 Å². The molecule has 0 saturated heterocycles. The monoisotopic (exact) mass is 184 g/mol. The highest BCUT2D eigenvalue weighted by Crippen LogP contribution is 2.01. The van der Waals surface area contributed by atoms with E-state index >= 15 is 0 Å². The predicted molar refractivity (Wildman–Crippen MR) is 56.6 cm³/mol. The lowest BCUT2D eigenvalue weighted by atomic mass is 10.1. The van der Waals surface area contributed by atoms with Crippen LogP contribution in [-0.4, -0.2) is 13.6 Å². The lowest BCUT2D eigenvalue weighted by Crippen LogP contribution is -2.05. The fraction of sp³-hybridized carbons (Fsp3) is 0.250. The largest absolute Gasteiger partial charge is 0.319 e. The molecule has 0 aromatic heterocycles. The van der Waals surface area contributed by atoms with Crippen molar-refractivity contribution >= 4 is 0 Å². The second-order valence-electron chi connectivity index (χ2n) is 2.85. The summed E-state index contributed by atoms with van der Waals surface area (Å²) in [5.74, 6) is 6.05. The third kappa shape index (κ3) is 3.31. The summed E-state index contributed by atoms with van der Waals surface area (Å²) in [6, 6.07) is 9.42. The van der Waals surface area contributed by atoms with Crippen LogP contribution >= 0.6 is 0 Å². The van der Waals surface area contributed by atoms with Gasteiger partial charge in [-0.25, -0.2) is 0 Å². The van der Waals surface area contributed by atoms with Gasteiger partial charge in [-0.2, -0.15) is 5.26 Å². The Kier molecular flexibility index (Phi) is 4.27. The van der Waals surface area contributed by atoms with Crippen LogP contribution in [0.15, 0.2) is 24.3 Å². The number of rotatable bonds is 2. The zero-order valence-corrected chi connectivity index (χ0v) is 8.17. The molecule has 0 aliphatic carbocycles. The smallest absolute Gasteiger partial charge is 0.0992 e. The van der Waals surface area contributed by atoms with Crippen LogP contribution in [0.25, 0.3) is 0 Å². The molecule has 1 N–H and O–H groups in total. The molecule has 1 aromatic rings. The second-order valence-corrected chi connectivity index (χ2v) is 2.85. The molecule has 0 heterocycles. The Balaban J connectivity index is 2.66. The molecule has 2 heteroatoms. The first kappa shape index (κ1) is 10.3. The topological polar surface area (TPSA) is 35.8 Å². The number of nitriles is 1. The van der Waals surface area contributed by atoms with Crippen LogP contribution < -0.4 is 5.32 Å². The van der Waals surface area contributed by atoms with E-state index in [-0.39, 0.29) is 0 Å². The van der Waals surface area contributed by atoms with Crippen LogP contribution in [0.2, 0.25) is 0 Å². The van der Waals surface area contributed by atoms with Gasteiger partial charge in [0.1, 0.15) is 0 Å². The maximum atomic E-state index is 8.66. The molecule has 70 valence electrons. The van der Waals surface area contributed by atoms with Crippen LogP contribution in [0.1, 0.15) is 17.5 Å². The normalized spacial score (nSPS) is 8.57. The SMILES string of the molecule is CNCCC#Cc1cccc(C#N)c1. The molecule has 0 amide bonds. The lowest BCUT2D eigenvalue weighted by molar-refractivity contribution is 0.818. The minimum Gasteiger partial charge on any atom is -0.319 e. The van der Waals surface area contributed by atoms with Gasteiger partial charge in [0.15, 0.2) is 0 Å². The molecule has 0 aliphatic heterocycles. The van der Waals surface area contributed by atoms with Gasteiger partial charge in [-0.05, 0) is 25.2 Å². The first-order valence-electron chi connectivity index (χ1n) is 4.50. The van der Waals surface area contributed by atoms with Gasteiger partial charge in [0.05, 0.1) is 11.6 Å². The van der Waals surface area contributed by atoms with E-state index in [0.717, 1.165) is 18.5 Å². The molecule has 1 aromatic carbocycles. The first-order chi connectivity index (χ1) is 6.86. The van der Waals surface area contributed by atoms with Crippen molar-refractivity contribution in [2.45, 2.75) is 6.42 Å². The molecule has 1 rings (SSSR count). The molecule has 0 atom stereocenters. The van der Waals surface area contributed by atoms with Crippen LogP contribution in [0.5, 0.6) is 0 Å². The standard InChI is InChI=1S/C12H12N2/c1-14-8-3-2-5-11-6-4-7-12(9-11)10-13/h4,6-7,9,14H,3,8H2,1H3. The summed E-state index contributed by atoms with van der Waals surface area (Å²) in [5.41, 5.74) is 1.56. The third-order valence-corrected chi connectivity index (χ3v) is 1.72. The molecule has 0 unspecified atom stereocenters. The van der Waals surface area contributed by atoms with Crippen molar-refractivity contribution in [3.63, 3.8) is 0 Å². The number of nitrogens with zero attached hydrogens (tertiary/aromatic N) is 1. The van der Waals surface area contributed by atoms with E-state index in [9.17, 15) is 0 Å². The lowest BCUT2D eigenvalue weighted by Gasteiger charge is -1.91. The van der Waals surface area contributed by atoms with Gasteiger partial charge in [-0.3, -0.25) is 0 Å². The summed E-state index contributed by atoms with van der Waals surface area (Å²) in [5, 5.41) is 11.7. The van der Waals surface area contributed by atoms with Gasteiger partial charge >= 0.3 is 0 Å². The molecule has 0 radical (unpaired) electrons. The van der Waals surface area contributed by atoms with E-state index in [1.807, 2.05) is 19.2 Å². The van der Waals surface area contributed by atoms with Crippen LogP contribution in [0.3, 0.4) is 0 Å². The van der Waals surface area contributed by atoms with Crippen molar-refractivity contribution in [1.82, 2.24) is 5.32 Å². The summed E-state index contributed by atoms with van der Waals surface area (Å²) in [4.78, 5) is 0. The van der Waals surface area contributed by atoms with E-state index in [1.165, 1.54) is 0 Å². The van der Waals surface area contributed by atoms with E-state index in [2.05, 4.69) is 23.2 Å². The van der Waals surface area contributed by atoms with Crippen molar-refractivity contribution in [1.29, 1.82) is 5.26 Å². The fourth-order valence-electron chi connectivity index (χ4n) is 1.02. The predicted octanol–water partition coefficient (Wildman–Crippen LogP) is 1.52.